The molecule has 3 heteroatoms. The minimum atomic E-state index is 0.181. The van der Waals surface area contributed by atoms with Crippen molar-refractivity contribution in [3.63, 3.8) is 0 Å². The van der Waals surface area contributed by atoms with E-state index in [0.29, 0.717) is 6.54 Å². The lowest BCUT2D eigenvalue weighted by Crippen LogP contribution is -2.26. The highest BCUT2D eigenvalue weighted by Gasteiger charge is 2.09. The Morgan fingerprint density at radius 1 is 1.73 bits per heavy atom. The summed E-state index contributed by atoms with van der Waals surface area (Å²) in [5, 5.41) is 0. The lowest BCUT2D eigenvalue weighted by Gasteiger charge is -2.16. The van der Waals surface area contributed by atoms with Crippen molar-refractivity contribution < 1.29 is 4.79 Å². The SMILES string of the molecule is C=CN1C=CN(CC(C)=O)C1. The van der Waals surface area contributed by atoms with Crippen molar-refractivity contribution in [3.8, 4) is 0 Å². The Hall–Kier alpha value is -1.25. The molecule has 0 unspecified atom stereocenters. The van der Waals surface area contributed by atoms with Crippen LogP contribution in [0.15, 0.2) is 25.2 Å². The second kappa shape index (κ2) is 3.23. The fraction of sp³-hybridized carbons (Fsp3) is 0.375. The molecule has 1 aliphatic rings. The van der Waals surface area contributed by atoms with Gasteiger partial charge in [-0.15, -0.1) is 0 Å². The van der Waals surface area contributed by atoms with Crippen LogP contribution in [0.3, 0.4) is 0 Å². The zero-order chi connectivity index (χ0) is 8.27. The summed E-state index contributed by atoms with van der Waals surface area (Å²) < 4.78 is 0. The Bertz CT molecular complexity index is 198. The number of hydrogen-bond donors (Lipinski definition) is 0. The molecular weight excluding hydrogens is 140 g/mol. The molecule has 0 atom stereocenters. The van der Waals surface area contributed by atoms with Crippen LogP contribution >= 0.6 is 0 Å². The zero-order valence-electron chi connectivity index (χ0n) is 6.66. The summed E-state index contributed by atoms with van der Waals surface area (Å²) in [4.78, 5) is 14.5. The molecule has 60 valence electrons. The van der Waals surface area contributed by atoms with Crippen LogP contribution in [0.2, 0.25) is 0 Å². The van der Waals surface area contributed by atoms with Crippen molar-refractivity contribution in [2.45, 2.75) is 6.92 Å². The van der Waals surface area contributed by atoms with Crippen molar-refractivity contribution >= 4 is 5.78 Å². The molecule has 3 nitrogen and oxygen atoms in total. The second-order valence-electron chi connectivity index (χ2n) is 2.59. The summed E-state index contributed by atoms with van der Waals surface area (Å²) >= 11 is 0. The lowest BCUT2D eigenvalue weighted by molar-refractivity contribution is -0.117. The highest BCUT2D eigenvalue weighted by atomic mass is 16.1. The maximum Gasteiger partial charge on any atom is 0.149 e. The summed E-state index contributed by atoms with van der Waals surface area (Å²) in [6.07, 6.45) is 5.52. The quantitative estimate of drug-likeness (QED) is 0.596. The summed E-state index contributed by atoms with van der Waals surface area (Å²) in [6.45, 7) is 6.43. The third-order valence-corrected chi connectivity index (χ3v) is 1.47. The van der Waals surface area contributed by atoms with E-state index in [1.807, 2.05) is 22.2 Å². The zero-order valence-corrected chi connectivity index (χ0v) is 6.66. The number of rotatable bonds is 3. The van der Waals surface area contributed by atoms with Crippen molar-refractivity contribution in [3.05, 3.63) is 25.2 Å². The van der Waals surface area contributed by atoms with Gasteiger partial charge in [0, 0.05) is 12.4 Å². The number of ketones is 1. The van der Waals surface area contributed by atoms with Gasteiger partial charge in [0.2, 0.25) is 0 Å². The number of Topliss-reactive ketones (excluding diaryl/α,β-unsaturated/α-hetero) is 1. The molecule has 0 bridgehead atoms. The normalized spacial score (nSPS) is 15.7. The molecule has 0 N–H and O–H groups in total. The molecule has 0 spiro atoms. The smallest absolute Gasteiger partial charge is 0.149 e. The molecule has 11 heavy (non-hydrogen) atoms. The Balaban J connectivity index is 2.37. The molecule has 0 aromatic heterocycles. The Labute approximate surface area is 66.6 Å². The van der Waals surface area contributed by atoms with Crippen LogP contribution in [0.1, 0.15) is 6.92 Å². The molecule has 0 radical (unpaired) electrons. The predicted octanol–water partition coefficient (Wildman–Crippen LogP) is 0.765. The molecule has 1 heterocycles. The van der Waals surface area contributed by atoms with E-state index in [2.05, 4.69) is 6.58 Å². The minimum Gasteiger partial charge on any atom is -0.351 e. The van der Waals surface area contributed by atoms with Crippen molar-refractivity contribution in [2.24, 2.45) is 0 Å². The second-order valence-corrected chi connectivity index (χ2v) is 2.59. The Kier molecular flexibility index (Phi) is 2.31. The van der Waals surface area contributed by atoms with Gasteiger partial charge in [0.1, 0.15) is 5.78 Å². The average molecular weight is 152 g/mol. The third kappa shape index (κ3) is 2.11. The molecule has 0 aromatic rings. The minimum absolute atomic E-state index is 0.181. The summed E-state index contributed by atoms with van der Waals surface area (Å²) in [5.41, 5.74) is 0. The van der Waals surface area contributed by atoms with Crippen LogP contribution in [0.5, 0.6) is 0 Å². The molecule has 0 aromatic carbocycles. The van der Waals surface area contributed by atoms with Gasteiger partial charge in [-0.05, 0) is 13.1 Å². The number of carbonyl (C=O) groups excluding carboxylic acids is 1. The number of hydrogen-bond acceptors (Lipinski definition) is 3. The van der Waals surface area contributed by atoms with E-state index >= 15 is 0 Å². The van der Waals surface area contributed by atoms with Gasteiger partial charge in [-0.1, -0.05) is 6.58 Å². The topological polar surface area (TPSA) is 23.6 Å². The fourth-order valence-electron chi connectivity index (χ4n) is 0.991. The highest BCUT2D eigenvalue weighted by molar-refractivity contribution is 5.77. The molecule has 0 amide bonds. The first-order valence-electron chi connectivity index (χ1n) is 3.52. The van der Waals surface area contributed by atoms with Crippen LogP contribution in [0.25, 0.3) is 0 Å². The van der Waals surface area contributed by atoms with Crippen LogP contribution < -0.4 is 0 Å². The molecule has 0 fully saturated rings. The van der Waals surface area contributed by atoms with E-state index in [1.165, 1.54) is 0 Å². The maximum absolute atomic E-state index is 10.7. The van der Waals surface area contributed by atoms with E-state index in [1.54, 1.807) is 13.1 Å². The Morgan fingerprint density at radius 3 is 2.91 bits per heavy atom. The van der Waals surface area contributed by atoms with Crippen LogP contribution in [0, 0.1) is 0 Å². The van der Waals surface area contributed by atoms with Gasteiger partial charge in [0.15, 0.2) is 0 Å². The standard InChI is InChI=1S/C8H12N2O/c1-3-9-4-5-10(7-9)6-8(2)11/h3-5H,1,6-7H2,2H3. The van der Waals surface area contributed by atoms with Gasteiger partial charge in [0.05, 0.1) is 13.2 Å². The molecular formula is C8H12N2O. The predicted molar refractivity (Wildman–Crippen MR) is 43.4 cm³/mol. The van der Waals surface area contributed by atoms with Crippen molar-refractivity contribution in [2.75, 3.05) is 13.2 Å². The largest absolute Gasteiger partial charge is 0.351 e. The number of nitrogens with zero attached hydrogens (tertiary/aromatic N) is 2. The van der Waals surface area contributed by atoms with Crippen molar-refractivity contribution in [1.82, 2.24) is 9.80 Å². The molecule has 0 saturated carbocycles. The van der Waals surface area contributed by atoms with E-state index in [-0.39, 0.29) is 5.78 Å². The molecule has 1 aliphatic heterocycles. The molecule has 0 saturated heterocycles. The monoisotopic (exact) mass is 152 g/mol. The van der Waals surface area contributed by atoms with Gasteiger partial charge in [-0.25, -0.2) is 0 Å². The first-order valence-corrected chi connectivity index (χ1v) is 3.52. The third-order valence-electron chi connectivity index (χ3n) is 1.47. The van der Waals surface area contributed by atoms with Crippen molar-refractivity contribution in [1.29, 1.82) is 0 Å². The molecule has 0 aliphatic carbocycles. The van der Waals surface area contributed by atoms with Gasteiger partial charge >= 0.3 is 0 Å². The first-order chi connectivity index (χ1) is 5.22. The van der Waals surface area contributed by atoms with Gasteiger partial charge in [0.25, 0.3) is 0 Å². The summed E-state index contributed by atoms with van der Waals surface area (Å²) in [6, 6.07) is 0. The molecule has 1 rings (SSSR count). The average Bonchev–Trinajstić information content (AvgIpc) is 2.34. The van der Waals surface area contributed by atoms with E-state index in [0.717, 1.165) is 6.67 Å². The lowest BCUT2D eigenvalue weighted by atomic mass is 10.4. The summed E-state index contributed by atoms with van der Waals surface area (Å²) in [7, 11) is 0. The van der Waals surface area contributed by atoms with Crippen LogP contribution in [-0.2, 0) is 4.79 Å². The van der Waals surface area contributed by atoms with E-state index in [4.69, 9.17) is 0 Å². The maximum atomic E-state index is 10.7. The summed E-state index contributed by atoms with van der Waals surface area (Å²) in [5.74, 6) is 0.181. The van der Waals surface area contributed by atoms with Crippen LogP contribution in [0.4, 0.5) is 0 Å². The first kappa shape index (κ1) is 7.85. The number of carbonyl (C=O) groups is 1. The van der Waals surface area contributed by atoms with E-state index in [9.17, 15) is 4.79 Å². The Morgan fingerprint density at radius 2 is 2.45 bits per heavy atom. The van der Waals surface area contributed by atoms with E-state index < -0.39 is 0 Å². The highest BCUT2D eigenvalue weighted by Crippen LogP contribution is 2.05. The van der Waals surface area contributed by atoms with Gasteiger partial charge in [-0.2, -0.15) is 0 Å². The van der Waals surface area contributed by atoms with Crippen LogP contribution in [-0.4, -0.2) is 28.8 Å². The van der Waals surface area contributed by atoms with Gasteiger partial charge < -0.3 is 9.80 Å². The fourth-order valence-corrected chi connectivity index (χ4v) is 0.991. The van der Waals surface area contributed by atoms with Gasteiger partial charge in [-0.3, -0.25) is 4.79 Å².